The van der Waals surface area contributed by atoms with E-state index in [-0.39, 0.29) is 0 Å². The molecule has 1 aliphatic rings. The number of benzene rings is 1. The summed E-state index contributed by atoms with van der Waals surface area (Å²) in [6, 6.07) is 14.0. The van der Waals surface area contributed by atoms with Gasteiger partial charge in [0.25, 0.3) is 0 Å². The lowest BCUT2D eigenvalue weighted by atomic mass is 10.1. The van der Waals surface area contributed by atoms with Gasteiger partial charge in [0.05, 0.1) is 5.69 Å². The van der Waals surface area contributed by atoms with Gasteiger partial charge >= 0.3 is 0 Å². The highest BCUT2D eigenvalue weighted by atomic mass is 32.2. The van der Waals surface area contributed by atoms with Crippen LogP contribution < -0.4 is 16.0 Å². The average molecular weight is 393 g/mol. The first-order valence-corrected chi connectivity index (χ1v) is 10.7. The lowest BCUT2D eigenvalue weighted by Crippen LogP contribution is -2.31. The highest BCUT2D eigenvalue weighted by molar-refractivity contribution is 7.98. The zero-order valence-corrected chi connectivity index (χ0v) is 16.7. The molecule has 28 heavy (non-hydrogen) atoms. The summed E-state index contributed by atoms with van der Waals surface area (Å²) >= 11 is 1.72. The SMILES string of the molecule is CSc1cccc(Nc2cc(-c3ccc(N)nc3)nc(N3CCCCC3)n2)c1. The monoisotopic (exact) mass is 392 g/mol. The fourth-order valence-corrected chi connectivity index (χ4v) is 3.75. The van der Waals surface area contributed by atoms with E-state index in [4.69, 9.17) is 15.7 Å². The van der Waals surface area contributed by atoms with Crippen molar-refractivity contribution < 1.29 is 0 Å². The van der Waals surface area contributed by atoms with Crippen molar-refractivity contribution in [3.05, 3.63) is 48.7 Å². The standard InChI is InChI=1S/C21H24N6S/c1-28-17-7-5-6-16(12-17)24-20-13-18(15-8-9-19(22)23-14-15)25-21(26-20)27-10-3-2-4-11-27/h5-9,12-14H,2-4,10-11H2,1H3,(H2,22,23)(H,24,25,26). The molecule has 4 rings (SSSR count). The molecular formula is C21H24N6S. The van der Waals surface area contributed by atoms with E-state index in [0.717, 1.165) is 41.8 Å². The first kappa shape index (κ1) is 18.6. The number of nitrogen functional groups attached to an aromatic ring is 1. The Kier molecular flexibility index (Phi) is 5.62. The number of nitrogens with two attached hydrogens (primary N) is 1. The molecular weight excluding hydrogens is 368 g/mol. The molecule has 7 heteroatoms. The minimum absolute atomic E-state index is 0.501. The van der Waals surface area contributed by atoms with Gasteiger partial charge in [-0.15, -0.1) is 11.8 Å². The summed E-state index contributed by atoms with van der Waals surface area (Å²) < 4.78 is 0. The second-order valence-corrected chi connectivity index (χ2v) is 7.69. The van der Waals surface area contributed by atoms with Crippen LogP contribution in [0.2, 0.25) is 0 Å². The highest BCUT2D eigenvalue weighted by Crippen LogP contribution is 2.27. The Morgan fingerprint density at radius 1 is 1.04 bits per heavy atom. The van der Waals surface area contributed by atoms with E-state index < -0.39 is 0 Å². The summed E-state index contributed by atoms with van der Waals surface area (Å²) in [6.45, 7) is 1.98. The molecule has 144 valence electrons. The molecule has 0 spiro atoms. The smallest absolute Gasteiger partial charge is 0.227 e. The van der Waals surface area contributed by atoms with Crippen LogP contribution in [0.5, 0.6) is 0 Å². The molecule has 0 amide bonds. The Labute approximate surface area is 169 Å². The van der Waals surface area contributed by atoms with Crippen molar-refractivity contribution in [2.75, 3.05) is 35.3 Å². The molecule has 0 unspecified atom stereocenters. The Balaban J connectivity index is 1.71. The summed E-state index contributed by atoms with van der Waals surface area (Å²) in [5.74, 6) is 2.04. The Hall–Kier alpha value is -2.80. The van der Waals surface area contributed by atoms with Crippen LogP contribution in [0.1, 0.15) is 19.3 Å². The Morgan fingerprint density at radius 2 is 1.89 bits per heavy atom. The Morgan fingerprint density at radius 3 is 2.64 bits per heavy atom. The van der Waals surface area contributed by atoms with Gasteiger partial charge in [0.2, 0.25) is 5.95 Å². The number of nitrogens with zero attached hydrogens (tertiary/aromatic N) is 4. The molecule has 0 bridgehead atoms. The molecule has 1 aliphatic heterocycles. The molecule has 0 radical (unpaired) electrons. The van der Waals surface area contributed by atoms with E-state index in [1.807, 2.05) is 24.3 Å². The van der Waals surface area contributed by atoms with E-state index >= 15 is 0 Å². The molecule has 1 fully saturated rings. The van der Waals surface area contributed by atoms with Gasteiger partial charge in [0, 0.05) is 41.5 Å². The van der Waals surface area contributed by atoms with Gasteiger partial charge in [-0.2, -0.15) is 4.98 Å². The van der Waals surface area contributed by atoms with E-state index in [0.29, 0.717) is 5.82 Å². The number of rotatable bonds is 5. The third kappa shape index (κ3) is 4.36. The lowest BCUT2D eigenvalue weighted by molar-refractivity contribution is 0.568. The average Bonchev–Trinajstić information content (AvgIpc) is 2.75. The summed E-state index contributed by atoms with van der Waals surface area (Å²) in [4.78, 5) is 17.3. The predicted molar refractivity (Wildman–Crippen MR) is 117 cm³/mol. The predicted octanol–water partition coefficient (Wildman–Crippen LogP) is 4.58. The largest absolute Gasteiger partial charge is 0.384 e. The van der Waals surface area contributed by atoms with Crippen LogP contribution in [-0.2, 0) is 0 Å². The van der Waals surface area contributed by atoms with Gasteiger partial charge in [-0.25, -0.2) is 9.97 Å². The van der Waals surface area contributed by atoms with Crippen molar-refractivity contribution in [3.8, 4) is 11.3 Å². The third-order valence-corrected chi connectivity index (χ3v) is 5.50. The van der Waals surface area contributed by atoms with E-state index in [2.05, 4.69) is 33.6 Å². The van der Waals surface area contributed by atoms with Crippen molar-refractivity contribution in [1.82, 2.24) is 15.0 Å². The number of pyridine rings is 1. The highest BCUT2D eigenvalue weighted by Gasteiger charge is 2.16. The topological polar surface area (TPSA) is 80.0 Å². The second-order valence-electron chi connectivity index (χ2n) is 6.81. The first-order valence-electron chi connectivity index (χ1n) is 9.48. The van der Waals surface area contributed by atoms with E-state index in [1.54, 1.807) is 24.0 Å². The van der Waals surface area contributed by atoms with E-state index in [1.165, 1.54) is 24.2 Å². The van der Waals surface area contributed by atoms with Crippen molar-refractivity contribution in [3.63, 3.8) is 0 Å². The quantitative estimate of drug-likeness (QED) is 0.615. The Bertz CT molecular complexity index is 938. The zero-order chi connectivity index (χ0) is 19.3. The maximum atomic E-state index is 5.74. The molecule has 1 aromatic carbocycles. The maximum Gasteiger partial charge on any atom is 0.227 e. The van der Waals surface area contributed by atoms with Gasteiger partial charge in [-0.3, -0.25) is 0 Å². The normalized spacial score (nSPS) is 14.1. The summed E-state index contributed by atoms with van der Waals surface area (Å²) in [7, 11) is 0. The summed E-state index contributed by atoms with van der Waals surface area (Å²) in [6.07, 6.45) is 7.45. The fraction of sp³-hybridized carbons (Fsp3) is 0.286. The molecule has 3 heterocycles. The molecule has 2 aromatic heterocycles. The number of aromatic nitrogens is 3. The van der Waals surface area contributed by atoms with Crippen molar-refractivity contribution >= 4 is 35.0 Å². The minimum atomic E-state index is 0.501. The molecule has 0 aliphatic carbocycles. The van der Waals surface area contributed by atoms with Crippen LogP contribution in [0.4, 0.5) is 23.3 Å². The number of hydrogen-bond acceptors (Lipinski definition) is 7. The fourth-order valence-electron chi connectivity index (χ4n) is 3.29. The number of anilines is 4. The molecule has 1 saturated heterocycles. The molecule has 3 N–H and O–H groups in total. The maximum absolute atomic E-state index is 5.74. The van der Waals surface area contributed by atoms with Crippen LogP contribution in [0, 0.1) is 0 Å². The van der Waals surface area contributed by atoms with Gasteiger partial charge < -0.3 is 16.0 Å². The van der Waals surface area contributed by atoms with Crippen molar-refractivity contribution in [2.24, 2.45) is 0 Å². The minimum Gasteiger partial charge on any atom is -0.384 e. The number of nitrogens with one attached hydrogen (secondary N) is 1. The molecule has 0 atom stereocenters. The zero-order valence-electron chi connectivity index (χ0n) is 15.9. The van der Waals surface area contributed by atoms with Crippen LogP contribution in [0.15, 0.2) is 53.6 Å². The van der Waals surface area contributed by atoms with Crippen LogP contribution in [0.25, 0.3) is 11.3 Å². The van der Waals surface area contributed by atoms with Crippen molar-refractivity contribution in [1.29, 1.82) is 0 Å². The van der Waals surface area contributed by atoms with Crippen LogP contribution >= 0.6 is 11.8 Å². The van der Waals surface area contributed by atoms with Gasteiger partial charge in [-0.05, 0) is 55.9 Å². The van der Waals surface area contributed by atoms with Gasteiger partial charge in [-0.1, -0.05) is 6.07 Å². The first-order chi connectivity index (χ1) is 13.7. The van der Waals surface area contributed by atoms with Crippen LogP contribution in [-0.4, -0.2) is 34.3 Å². The summed E-state index contributed by atoms with van der Waals surface area (Å²) in [5.41, 5.74) is 8.52. The number of hydrogen-bond donors (Lipinski definition) is 2. The van der Waals surface area contributed by atoms with Gasteiger partial charge in [0.15, 0.2) is 0 Å². The van der Waals surface area contributed by atoms with E-state index in [9.17, 15) is 0 Å². The van der Waals surface area contributed by atoms with Crippen molar-refractivity contribution in [2.45, 2.75) is 24.2 Å². The number of piperidine rings is 1. The van der Waals surface area contributed by atoms with Crippen LogP contribution in [0.3, 0.4) is 0 Å². The third-order valence-electron chi connectivity index (χ3n) is 4.78. The molecule has 6 nitrogen and oxygen atoms in total. The molecule has 0 saturated carbocycles. The molecule has 3 aromatic rings. The summed E-state index contributed by atoms with van der Waals surface area (Å²) in [5, 5.41) is 3.44. The lowest BCUT2D eigenvalue weighted by Gasteiger charge is -2.27. The van der Waals surface area contributed by atoms with Gasteiger partial charge in [0.1, 0.15) is 11.6 Å². The second kappa shape index (κ2) is 8.48. The number of thioether (sulfide) groups is 1.